The quantitative estimate of drug-likeness (QED) is 0.891. The van der Waals surface area contributed by atoms with Crippen molar-refractivity contribution in [1.29, 1.82) is 0 Å². The molecular formula is C18H30N2S. The van der Waals surface area contributed by atoms with Crippen LogP contribution >= 0.6 is 11.8 Å². The molecule has 21 heavy (non-hydrogen) atoms. The molecule has 2 unspecified atom stereocenters. The second-order valence-electron chi connectivity index (χ2n) is 7.08. The van der Waals surface area contributed by atoms with Gasteiger partial charge in [-0.15, -0.1) is 0 Å². The van der Waals surface area contributed by atoms with Crippen LogP contribution in [0.25, 0.3) is 0 Å². The van der Waals surface area contributed by atoms with Crippen molar-refractivity contribution < 1.29 is 0 Å². The highest BCUT2D eigenvalue weighted by atomic mass is 32.2. The topological polar surface area (TPSA) is 15.3 Å². The maximum Gasteiger partial charge on any atom is 0.0474 e. The second-order valence-corrected chi connectivity index (χ2v) is 8.59. The zero-order chi connectivity index (χ0) is 15.5. The minimum Gasteiger partial charge on any atom is -0.311 e. The minimum atomic E-state index is 0.298. The van der Waals surface area contributed by atoms with Crippen molar-refractivity contribution in [3.63, 3.8) is 0 Å². The molecule has 1 heterocycles. The highest BCUT2D eigenvalue weighted by Gasteiger charge is 2.33. The van der Waals surface area contributed by atoms with E-state index in [4.69, 9.17) is 0 Å². The molecule has 2 atom stereocenters. The Hall–Kier alpha value is -0.510. The van der Waals surface area contributed by atoms with E-state index >= 15 is 0 Å². The van der Waals surface area contributed by atoms with Gasteiger partial charge in [0, 0.05) is 36.5 Å². The minimum absolute atomic E-state index is 0.298. The molecule has 1 saturated heterocycles. The van der Waals surface area contributed by atoms with E-state index in [1.807, 2.05) is 11.8 Å². The van der Waals surface area contributed by atoms with Gasteiger partial charge in [-0.25, -0.2) is 0 Å². The summed E-state index contributed by atoms with van der Waals surface area (Å²) in [6, 6.07) is 12.0. The third-order valence-electron chi connectivity index (χ3n) is 4.57. The van der Waals surface area contributed by atoms with Gasteiger partial charge in [0.2, 0.25) is 0 Å². The Morgan fingerprint density at radius 2 is 1.95 bits per heavy atom. The van der Waals surface area contributed by atoms with Gasteiger partial charge in [0.05, 0.1) is 0 Å². The van der Waals surface area contributed by atoms with E-state index in [-0.39, 0.29) is 0 Å². The Morgan fingerprint density at radius 3 is 2.52 bits per heavy atom. The Morgan fingerprint density at radius 1 is 1.29 bits per heavy atom. The van der Waals surface area contributed by atoms with Crippen LogP contribution in [-0.4, -0.2) is 41.6 Å². The van der Waals surface area contributed by atoms with Gasteiger partial charge in [0.1, 0.15) is 0 Å². The maximum absolute atomic E-state index is 3.75. The number of nitrogens with zero attached hydrogens (tertiary/aromatic N) is 1. The van der Waals surface area contributed by atoms with E-state index in [1.165, 1.54) is 5.56 Å². The molecule has 0 aliphatic carbocycles. The second kappa shape index (κ2) is 7.17. The summed E-state index contributed by atoms with van der Waals surface area (Å²) in [6.07, 6.45) is 2.22. The third-order valence-corrected chi connectivity index (χ3v) is 5.81. The van der Waals surface area contributed by atoms with Crippen molar-refractivity contribution in [3.05, 3.63) is 35.9 Å². The number of hydrogen-bond donors (Lipinski definition) is 1. The molecule has 0 amide bonds. The van der Waals surface area contributed by atoms with Gasteiger partial charge in [0.15, 0.2) is 0 Å². The average Bonchev–Trinajstić information content (AvgIpc) is 2.47. The Labute approximate surface area is 134 Å². The van der Waals surface area contributed by atoms with Crippen LogP contribution in [0.15, 0.2) is 30.3 Å². The number of nitrogens with one attached hydrogen (secondary N) is 1. The molecule has 2 rings (SSSR count). The van der Waals surface area contributed by atoms with Gasteiger partial charge < -0.3 is 5.32 Å². The number of rotatable bonds is 5. The predicted molar refractivity (Wildman–Crippen MR) is 95.0 cm³/mol. The smallest absolute Gasteiger partial charge is 0.0474 e. The third kappa shape index (κ3) is 4.48. The van der Waals surface area contributed by atoms with Crippen molar-refractivity contribution in [2.75, 3.05) is 25.9 Å². The molecule has 1 aliphatic heterocycles. The predicted octanol–water partition coefficient (Wildman–Crippen LogP) is 3.80. The summed E-state index contributed by atoms with van der Waals surface area (Å²) in [5.74, 6) is 0.682. The van der Waals surface area contributed by atoms with E-state index in [0.29, 0.717) is 22.7 Å². The van der Waals surface area contributed by atoms with Crippen LogP contribution in [0.3, 0.4) is 0 Å². The molecule has 1 aliphatic rings. The van der Waals surface area contributed by atoms with E-state index in [2.05, 4.69) is 74.5 Å². The molecule has 1 N–H and O–H groups in total. The molecule has 0 aromatic heterocycles. The van der Waals surface area contributed by atoms with Crippen LogP contribution in [0, 0.1) is 5.92 Å². The standard InChI is InChI=1S/C18H30N2S/c1-14(2)16-12-20(13-18(3,4)21-5)17(11-19-16)15-9-7-6-8-10-15/h6-10,14,16-17,19H,11-13H2,1-5H3. The lowest BCUT2D eigenvalue weighted by molar-refractivity contribution is 0.106. The molecule has 1 aromatic carbocycles. The summed E-state index contributed by atoms with van der Waals surface area (Å²) in [4.78, 5) is 2.69. The number of hydrogen-bond acceptors (Lipinski definition) is 3. The summed E-state index contributed by atoms with van der Waals surface area (Å²) < 4.78 is 0.298. The molecule has 3 heteroatoms. The summed E-state index contributed by atoms with van der Waals surface area (Å²) in [6.45, 7) is 12.7. The molecular weight excluding hydrogens is 276 g/mol. The maximum atomic E-state index is 3.75. The summed E-state index contributed by atoms with van der Waals surface area (Å²) in [5, 5.41) is 3.75. The Bertz CT molecular complexity index is 430. The van der Waals surface area contributed by atoms with E-state index in [0.717, 1.165) is 19.6 Å². The van der Waals surface area contributed by atoms with Crippen LogP contribution in [-0.2, 0) is 0 Å². The summed E-state index contributed by atoms with van der Waals surface area (Å²) in [5.41, 5.74) is 1.43. The van der Waals surface area contributed by atoms with E-state index in [1.54, 1.807) is 0 Å². The van der Waals surface area contributed by atoms with Crippen molar-refractivity contribution >= 4 is 11.8 Å². The summed E-state index contributed by atoms with van der Waals surface area (Å²) in [7, 11) is 0. The number of thioether (sulfide) groups is 1. The fraction of sp³-hybridized carbons (Fsp3) is 0.667. The van der Waals surface area contributed by atoms with Gasteiger partial charge >= 0.3 is 0 Å². The van der Waals surface area contributed by atoms with Crippen molar-refractivity contribution in [1.82, 2.24) is 10.2 Å². The SMILES string of the molecule is CSC(C)(C)CN1CC(C(C)C)NCC1c1ccccc1. The van der Waals surface area contributed by atoms with E-state index < -0.39 is 0 Å². The van der Waals surface area contributed by atoms with Gasteiger partial charge in [-0.05, 0) is 31.6 Å². The Kier molecular flexibility index (Phi) is 5.75. The first-order chi connectivity index (χ1) is 9.93. The van der Waals surface area contributed by atoms with Crippen LogP contribution in [0.4, 0.5) is 0 Å². The van der Waals surface area contributed by atoms with Gasteiger partial charge in [-0.1, -0.05) is 44.2 Å². The normalized spacial score (nSPS) is 24.5. The first kappa shape index (κ1) is 16.9. The lowest BCUT2D eigenvalue weighted by Gasteiger charge is -2.45. The monoisotopic (exact) mass is 306 g/mol. The van der Waals surface area contributed by atoms with Crippen LogP contribution in [0.2, 0.25) is 0 Å². The number of benzene rings is 1. The van der Waals surface area contributed by atoms with Crippen LogP contribution in [0.1, 0.15) is 39.3 Å². The lowest BCUT2D eigenvalue weighted by Crippen LogP contribution is -2.56. The van der Waals surface area contributed by atoms with E-state index in [9.17, 15) is 0 Å². The molecule has 0 bridgehead atoms. The van der Waals surface area contributed by atoms with Crippen LogP contribution in [0.5, 0.6) is 0 Å². The first-order valence-electron chi connectivity index (χ1n) is 8.00. The number of piperazine rings is 1. The molecule has 0 spiro atoms. The highest BCUT2D eigenvalue weighted by molar-refractivity contribution is 7.99. The van der Waals surface area contributed by atoms with Crippen molar-refractivity contribution in [2.45, 2.75) is 44.5 Å². The Balaban J connectivity index is 2.18. The molecule has 1 fully saturated rings. The fourth-order valence-corrected chi connectivity index (χ4v) is 3.31. The fourth-order valence-electron chi connectivity index (χ4n) is 3.02. The largest absolute Gasteiger partial charge is 0.311 e. The molecule has 1 aromatic rings. The first-order valence-corrected chi connectivity index (χ1v) is 9.23. The summed E-state index contributed by atoms with van der Waals surface area (Å²) >= 11 is 1.97. The van der Waals surface area contributed by atoms with Gasteiger partial charge in [-0.2, -0.15) is 11.8 Å². The molecule has 2 nitrogen and oxygen atoms in total. The molecule has 0 saturated carbocycles. The van der Waals surface area contributed by atoms with Crippen LogP contribution < -0.4 is 5.32 Å². The molecule has 118 valence electrons. The average molecular weight is 307 g/mol. The van der Waals surface area contributed by atoms with Crippen molar-refractivity contribution in [3.8, 4) is 0 Å². The highest BCUT2D eigenvalue weighted by Crippen LogP contribution is 2.30. The van der Waals surface area contributed by atoms with Gasteiger partial charge in [-0.3, -0.25) is 4.90 Å². The molecule has 0 radical (unpaired) electrons. The zero-order valence-corrected chi connectivity index (χ0v) is 14.9. The zero-order valence-electron chi connectivity index (χ0n) is 14.1. The lowest BCUT2D eigenvalue weighted by atomic mass is 9.95. The van der Waals surface area contributed by atoms with Gasteiger partial charge in [0.25, 0.3) is 0 Å². The van der Waals surface area contributed by atoms with Crippen molar-refractivity contribution in [2.24, 2.45) is 5.92 Å².